The van der Waals surface area contributed by atoms with Crippen molar-refractivity contribution in [2.45, 2.75) is 19.3 Å². The molecule has 8 nitrogen and oxygen atoms in total. The lowest BCUT2D eigenvalue weighted by atomic mass is 10.1. The van der Waals surface area contributed by atoms with Gasteiger partial charge < -0.3 is 10.1 Å². The van der Waals surface area contributed by atoms with Crippen LogP contribution in [0, 0.1) is 5.82 Å². The number of nitrogens with zero attached hydrogens (tertiary/aromatic N) is 4. The van der Waals surface area contributed by atoms with E-state index in [-0.39, 0.29) is 37.3 Å². The molecular formula is C23H19F4N5O3. The molecule has 0 atom stereocenters. The number of carbonyl (C=O) groups excluding carboxylic acids is 1. The zero-order chi connectivity index (χ0) is 25.0. The van der Waals surface area contributed by atoms with Gasteiger partial charge >= 0.3 is 6.18 Å². The largest absolute Gasteiger partial charge is 0.484 e. The maximum Gasteiger partial charge on any atom is 0.416 e. The molecule has 0 aliphatic heterocycles. The van der Waals surface area contributed by atoms with Gasteiger partial charge in [-0.3, -0.25) is 14.2 Å². The van der Waals surface area contributed by atoms with E-state index in [1.807, 2.05) is 0 Å². The van der Waals surface area contributed by atoms with Crippen LogP contribution in [-0.2, 0) is 24.1 Å². The molecule has 0 fully saturated rings. The number of alkyl halides is 3. The van der Waals surface area contributed by atoms with Crippen LogP contribution in [0.2, 0.25) is 0 Å². The number of benzene rings is 2. The number of halogens is 4. The highest BCUT2D eigenvalue weighted by molar-refractivity contribution is 5.77. The molecule has 4 aromatic rings. The molecule has 0 spiro atoms. The molecule has 0 unspecified atom stereocenters. The van der Waals surface area contributed by atoms with E-state index in [9.17, 15) is 27.2 Å². The van der Waals surface area contributed by atoms with Gasteiger partial charge in [-0.15, -0.1) is 0 Å². The number of rotatable bonds is 8. The molecule has 2 aromatic heterocycles. The average molecular weight is 489 g/mol. The molecular weight excluding hydrogens is 470 g/mol. The second kappa shape index (κ2) is 9.95. The Labute approximate surface area is 195 Å². The van der Waals surface area contributed by atoms with Gasteiger partial charge in [0.1, 0.15) is 23.3 Å². The molecule has 4 rings (SSSR count). The second-order valence-electron chi connectivity index (χ2n) is 7.57. The molecule has 1 N–H and O–H groups in total. The third-order valence-corrected chi connectivity index (χ3v) is 5.06. The Kier molecular flexibility index (Phi) is 6.80. The first kappa shape index (κ1) is 23.9. The first-order valence-electron chi connectivity index (χ1n) is 10.4. The van der Waals surface area contributed by atoms with Crippen molar-refractivity contribution in [3.05, 3.63) is 88.4 Å². The fraction of sp³-hybridized carbons (Fsp3) is 0.217. The summed E-state index contributed by atoms with van der Waals surface area (Å²) in [5.74, 6) is -0.461. The van der Waals surface area contributed by atoms with Gasteiger partial charge in [0.2, 0.25) is 0 Å². The van der Waals surface area contributed by atoms with E-state index in [2.05, 4.69) is 15.4 Å². The predicted octanol–water partition coefficient (Wildman–Crippen LogP) is 2.99. The topological polar surface area (TPSA) is 91.0 Å². The van der Waals surface area contributed by atoms with Crippen LogP contribution >= 0.6 is 0 Å². The number of ether oxygens (including phenoxy) is 1. The Balaban J connectivity index is 1.37. The Bertz CT molecular complexity index is 1400. The lowest BCUT2D eigenvalue weighted by molar-refractivity contribution is -0.137. The summed E-state index contributed by atoms with van der Waals surface area (Å²) < 4.78 is 59.6. The summed E-state index contributed by atoms with van der Waals surface area (Å²) in [4.78, 5) is 29.0. The van der Waals surface area contributed by atoms with Gasteiger partial charge in [0, 0.05) is 6.54 Å². The predicted molar refractivity (Wildman–Crippen MR) is 117 cm³/mol. The molecule has 0 radical (unpaired) electrons. The quantitative estimate of drug-likeness (QED) is 0.385. The monoisotopic (exact) mass is 489 g/mol. The molecule has 2 aromatic carbocycles. The van der Waals surface area contributed by atoms with Crippen LogP contribution in [0.15, 0.2) is 65.8 Å². The molecule has 182 valence electrons. The molecule has 0 aliphatic carbocycles. The van der Waals surface area contributed by atoms with Gasteiger partial charge in [0.05, 0.1) is 24.8 Å². The third kappa shape index (κ3) is 5.83. The Morgan fingerprint density at radius 3 is 2.63 bits per heavy atom. The van der Waals surface area contributed by atoms with Gasteiger partial charge in [-0.05, 0) is 42.0 Å². The second-order valence-corrected chi connectivity index (χ2v) is 7.57. The third-order valence-electron chi connectivity index (χ3n) is 5.06. The van der Waals surface area contributed by atoms with E-state index in [1.165, 1.54) is 58.2 Å². The van der Waals surface area contributed by atoms with Crippen LogP contribution in [0.1, 0.15) is 11.1 Å². The zero-order valence-corrected chi connectivity index (χ0v) is 18.1. The average Bonchev–Trinajstić information content (AvgIpc) is 3.24. The number of hydrogen-bond acceptors (Lipinski definition) is 5. The standard InChI is InChI=1S/C23H19F4N5O3/c24-17-4-6-18(7-5-17)35-13-20(33)28-8-9-32-21-19(11-30-32)22(34)31(14-29-21)12-15-2-1-3-16(10-15)23(25,26)27/h1-7,10-11,14H,8-9,12-13H2,(H,28,33). The van der Waals surface area contributed by atoms with E-state index in [4.69, 9.17) is 4.74 Å². The van der Waals surface area contributed by atoms with Crippen molar-refractivity contribution in [1.29, 1.82) is 0 Å². The minimum Gasteiger partial charge on any atom is -0.484 e. The van der Waals surface area contributed by atoms with Crippen molar-refractivity contribution in [2.24, 2.45) is 0 Å². The van der Waals surface area contributed by atoms with Crippen LogP contribution in [0.25, 0.3) is 11.0 Å². The molecule has 1 amide bonds. The number of amides is 1. The highest BCUT2D eigenvalue weighted by Crippen LogP contribution is 2.29. The van der Waals surface area contributed by atoms with Gasteiger partial charge in [0.25, 0.3) is 11.5 Å². The van der Waals surface area contributed by atoms with Crippen LogP contribution in [0.3, 0.4) is 0 Å². The highest BCUT2D eigenvalue weighted by atomic mass is 19.4. The Hall–Kier alpha value is -4.22. The number of carbonyl (C=O) groups is 1. The van der Waals surface area contributed by atoms with Gasteiger partial charge in [-0.2, -0.15) is 18.3 Å². The molecule has 0 bridgehead atoms. The first-order chi connectivity index (χ1) is 16.7. The van der Waals surface area contributed by atoms with Crippen molar-refractivity contribution in [3.8, 4) is 5.75 Å². The van der Waals surface area contributed by atoms with E-state index in [0.717, 1.165) is 12.1 Å². The Morgan fingerprint density at radius 1 is 1.11 bits per heavy atom. The summed E-state index contributed by atoms with van der Waals surface area (Å²) in [6.07, 6.45) is -1.90. The Morgan fingerprint density at radius 2 is 1.89 bits per heavy atom. The van der Waals surface area contributed by atoms with Gasteiger partial charge in [-0.25, -0.2) is 14.1 Å². The lowest BCUT2D eigenvalue weighted by Gasteiger charge is -2.10. The van der Waals surface area contributed by atoms with Crippen molar-refractivity contribution >= 4 is 16.9 Å². The zero-order valence-electron chi connectivity index (χ0n) is 18.1. The minimum atomic E-state index is -4.48. The lowest BCUT2D eigenvalue weighted by Crippen LogP contribution is -2.31. The van der Waals surface area contributed by atoms with Gasteiger partial charge in [-0.1, -0.05) is 12.1 Å². The van der Waals surface area contributed by atoms with E-state index in [1.54, 1.807) is 0 Å². The molecule has 0 saturated heterocycles. The normalized spacial score (nSPS) is 11.5. The molecule has 2 heterocycles. The molecule has 0 aliphatic rings. The van der Waals surface area contributed by atoms with Crippen LogP contribution in [0.4, 0.5) is 17.6 Å². The first-order valence-corrected chi connectivity index (χ1v) is 10.4. The summed E-state index contributed by atoms with van der Waals surface area (Å²) in [6, 6.07) is 9.99. The number of fused-ring (bicyclic) bond motifs is 1. The van der Waals surface area contributed by atoms with E-state index >= 15 is 0 Å². The minimum absolute atomic E-state index is 0.0824. The van der Waals surface area contributed by atoms with Crippen molar-refractivity contribution in [3.63, 3.8) is 0 Å². The smallest absolute Gasteiger partial charge is 0.416 e. The summed E-state index contributed by atoms with van der Waals surface area (Å²) in [6.45, 7) is 0.0538. The fourth-order valence-corrected chi connectivity index (χ4v) is 3.35. The van der Waals surface area contributed by atoms with Crippen molar-refractivity contribution < 1.29 is 27.1 Å². The molecule has 12 heteroatoms. The van der Waals surface area contributed by atoms with Crippen LogP contribution in [0.5, 0.6) is 5.75 Å². The van der Waals surface area contributed by atoms with Crippen LogP contribution < -0.4 is 15.6 Å². The van der Waals surface area contributed by atoms with E-state index < -0.39 is 29.0 Å². The summed E-state index contributed by atoms with van der Waals surface area (Å²) in [7, 11) is 0. The maximum absolute atomic E-state index is 12.9. The summed E-state index contributed by atoms with van der Waals surface area (Å²) >= 11 is 0. The van der Waals surface area contributed by atoms with Crippen molar-refractivity contribution in [1.82, 2.24) is 24.6 Å². The maximum atomic E-state index is 12.9. The molecule has 0 saturated carbocycles. The fourth-order valence-electron chi connectivity index (χ4n) is 3.35. The number of hydrogen-bond donors (Lipinski definition) is 1. The number of aromatic nitrogens is 4. The summed E-state index contributed by atoms with van der Waals surface area (Å²) in [5.41, 5.74) is -0.654. The highest BCUT2D eigenvalue weighted by Gasteiger charge is 2.30. The number of nitrogens with one attached hydrogen (secondary N) is 1. The van der Waals surface area contributed by atoms with Gasteiger partial charge in [0.15, 0.2) is 12.3 Å². The molecule has 35 heavy (non-hydrogen) atoms. The van der Waals surface area contributed by atoms with E-state index in [0.29, 0.717) is 11.3 Å². The SMILES string of the molecule is O=C(COc1ccc(F)cc1)NCCn1ncc2c(=O)n(Cc3cccc(C(F)(F)F)c3)cnc21. The summed E-state index contributed by atoms with van der Waals surface area (Å²) in [5, 5.41) is 6.96. The van der Waals surface area contributed by atoms with Crippen molar-refractivity contribution in [2.75, 3.05) is 13.2 Å². The van der Waals surface area contributed by atoms with Crippen LogP contribution in [-0.4, -0.2) is 38.4 Å².